The Kier molecular flexibility index (Phi) is 4.30. The molecule has 0 bridgehead atoms. The summed E-state index contributed by atoms with van der Waals surface area (Å²) in [6.07, 6.45) is 3.24. The Morgan fingerprint density at radius 3 is 2.84 bits per heavy atom. The van der Waals surface area contributed by atoms with Gasteiger partial charge in [0.2, 0.25) is 0 Å². The summed E-state index contributed by atoms with van der Waals surface area (Å²) in [5, 5.41) is 11.2. The van der Waals surface area contributed by atoms with Crippen LogP contribution in [0.1, 0.15) is 17.4 Å². The number of nitrogens with one attached hydrogen (secondary N) is 1. The number of hydrogen-bond acceptors (Lipinski definition) is 6. The van der Waals surface area contributed by atoms with Crippen molar-refractivity contribution in [3.05, 3.63) is 36.3 Å². The maximum absolute atomic E-state index is 11.5. The van der Waals surface area contributed by atoms with Gasteiger partial charge in [0, 0.05) is 17.6 Å². The van der Waals surface area contributed by atoms with Crippen LogP contribution < -0.4 is 11.1 Å². The molecule has 0 fully saturated rings. The first kappa shape index (κ1) is 13.3. The number of carbonyl (C=O) groups excluding carboxylic acids is 1. The minimum absolute atomic E-state index is 0.227. The third-order valence-electron chi connectivity index (χ3n) is 2.23. The number of aromatic nitrogens is 3. The number of nitrogen functional groups attached to an aromatic ring is 1. The van der Waals surface area contributed by atoms with Crippen molar-refractivity contribution in [2.24, 2.45) is 0 Å². The molecule has 0 aromatic carbocycles. The van der Waals surface area contributed by atoms with E-state index in [4.69, 9.17) is 5.73 Å². The number of hydrogen-bond donors (Lipinski definition) is 2. The zero-order valence-corrected chi connectivity index (χ0v) is 11.1. The number of anilines is 1. The molecule has 0 aliphatic carbocycles. The van der Waals surface area contributed by atoms with Crippen LogP contribution in [0.2, 0.25) is 0 Å². The quantitative estimate of drug-likeness (QED) is 0.875. The smallest absolute Gasteiger partial charge is 0.271 e. The van der Waals surface area contributed by atoms with E-state index in [9.17, 15) is 4.79 Å². The van der Waals surface area contributed by atoms with Crippen LogP contribution in [-0.4, -0.2) is 27.6 Å². The molecule has 0 aliphatic rings. The average Bonchev–Trinajstić information content (AvgIpc) is 2.42. The molecule has 2 aromatic heterocycles. The number of nitrogens with zero attached hydrogens (tertiary/aromatic N) is 3. The van der Waals surface area contributed by atoms with E-state index in [0.29, 0.717) is 23.0 Å². The molecule has 0 aliphatic heterocycles. The third kappa shape index (κ3) is 3.41. The maximum Gasteiger partial charge on any atom is 0.271 e. The number of rotatable bonds is 4. The minimum atomic E-state index is -0.227. The van der Waals surface area contributed by atoms with Crippen molar-refractivity contribution < 1.29 is 4.79 Å². The predicted octanol–water partition coefficient (Wildman–Crippen LogP) is 1.35. The highest BCUT2D eigenvalue weighted by Crippen LogP contribution is 2.29. The summed E-state index contributed by atoms with van der Waals surface area (Å²) >= 11 is 1.38. The molecule has 6 nitrogen and oxygen atoms in total. The molecule has 0 unspecified atom stereocenters. The van der Waals surface area contributed by atoms with Crippen molar-refractivity contribution in [3.8, 4) is 0 Å². The van der Waals surface area contributed by atoms with Crippen LogP contribution in [-0.2, 0) is 0 Å². The highest BCUT2D eigenvalue weighted by molar-refractivity contribution is 7.99. The summed E-state index contributed by atoms with van der Waals surface area (Å²) in [6, 6.07) is 5.18. The van der Waals surface area contributed by atoms with Gasteiger partial charge in [-0.1, -0.05) is 11.8 Å². The molecular weight excluding hydrogens is 262 g/mol. The van der Waals surface area contributed by atoms with Crippen LogP contribution in [0.5, 0.6) is 0 Å². The van der Waals surface area contributed by atoms with Gasteiger partial charge in [-0.15, -0.1) is 10.2 Å². The highest BCUT2D eigenvalue weighted by atomic mass is 32.2. The van der Waals surface area contributed by atoms with E-state index in [1.165, 1.54) is 11.8 Å². The van der Waals surface area contributed by atoms with Crippen LogP contribution in [0.3, 0.4) is 0 Å². The van der Waals surface area contributed by atoms with Crippen LogP contribution in [0.4, 0.5) is 5.69 Å². The minimum Gasteiger partial charge on any atom is -0.397 e. The average molecular weight is 275 g/mol. The second-order valence-corrected chi connectivity index (χ2v) is 4.69. The topological polar surface area (TPSA) is 93.8 Å². The molecule has 1 amide bonds. The van der Waals surface area contributed by atoms with Crippen molar-refractivity contribution in [2.45, 2.75) is 16.8 Å². The first-order chi connectivity index (χ1) is 9.20. The molecule has 2 heterocycles. The van der Waals surface area contributed by atoms with Crippen molar-refractivity contribution >= 4 is 23.4 Å². The van der Waals surface area contributed by atoms with Crippen LogP contribution >= 0.6 is 11.8 Å². The molecule has 0 spiro atoms. The Labute approximate surface area is 114 Å². The van der Waals surface area contributed by atoms with E-state index in [0.717, 1.165) is 4.90 Å². The first-order valence-corrected chi connectivity index (χ1v) is 6.51. The largest absolute Gasteiger partial charge is 0.397 e. The van der Waals surface area contributed by atoms with Gasteiger partial charge in [0.1, 0.15) is 5.03 Å². The lowest BCUT2D eigenvalue weighted by Gasteiger charge is -2.04. The van der Waals surface area contributed by atoms with Gasteiger partial charge >= 0.3 is 0 Å². The fourth-order valence-corrected chi connectivity index (χ4v) is 2.09. The normalized spacial score (nSPS) is 10.2. The summed E-state index contributed by atoms with van der Waals surface area (Å²) in [7, 11) is 0. The Morgan fingerprint density at radius 1 is 1.37 bits per heavy atom. The molecule has 0 atom stereocenters. The first-order valence-electron chi connectivity index (χ1n) is 5.70. The Bertz CT molecular complexity index is 573. The van der Waals surface area contributed by atoms with Gasteiger partial charge < -0.3 is 11.1 Å². The van der Waals surface area contributed by atoms with Crippen molar-refractivity contribution in [1.82, 2.24) is 20.5 Å². The molecular formula is C12H13N5OS. The van der Waals surface area contributed by atoms with Gasteiger partial charge in [-0.2, -0.15) is 0 Å². The SMILES string of the molecule is CCNC(=O)c1ccc(Sc2ccncc2N)nn1. The molecule has 19 heavy (non-hydrogen) atoms. The lowest BCUT2D eigenvalue weighted by molar-refractivity contribution is 0.0949. The lowest BCUT2D eigenvalue weighted by Crippen LogP contribution is -2.23. The number of carbonyl (C=O) groups is 1. The van der Waals surface area contributed by atoms with Crippen LogP contribution in [0, 0.1) is 0 Å². The Hall–Kier alpha value is -2.15. The van der Waals surface area contributed by atoms with Gasteiger partial charge in [-0.3, -0.25) is 9.78 Å². The second kappa shape index (κ2) is 6.14. The molecule has 98 valence electrons. The van der Waals surface area contributed by atoms with Crippen molar-refractivity contribution in [2.75, 3.05) is 12.3 Å². The lowest BCUT2D eigenvalue weighted by atomic mass is 10.4. The summed E-state index contributed by atoms with van der Waals surface area (Å²) in [5.74, 6) is -0.227. The van der Waals surface area contributed by atoms with Gasteiger partial charge in [-0.05, 0) is 25.1 Å². The Morgan fingerprint density at radius 2 is 2.21 bits per heavy atom. The molecule has 2 rings (SSSR count). The fraction of sp³-hybridized carbons (Fsp3) is 0.167. The highest BCUT2D eigenvalue weighted by Gasteiger charge is 2.08. The summed E-state index contributed by atoms with van der Waals surface area (Å²) < 4.78 is 0. The predicted molar refractivity (Wildman–Crippen MR) is 72.8 cm³/mol. The zero-order chi connectivity index (χ0) is 13.7. The Balaban J connectivity index is 2.11. The van der Waals surface area contributed by atoms with Crippen LogP contribution in [0.15, 0.2) is 40.5 Å². The third-order valence-corrected chi connectivity index (χ3v) is 3.25. The molecule has 0 saturated carbocycles. The molecule has 0 radical (unpaired) electrons. The van der Waals surface area contributed by atoms with E-state index in [2.05, 4.69) is 20.5 Å². The van der Waals surface area contributed by atoms with E-state index in [-0.39, 0.29) is 5.91 Å². The van der Waals surface area contributed by atoms with E-state index in [1.54, 1.807) is 30.6 Å². The van der Waals surface area contributed by atoms with Gasteiger partial charge in [0.25, 0.3) is 5.91 Å². The molecule has 0 saturated heterocycles. The number of pyridine rings is 1. The van der Waals surface area contributed by atoms with Crippen LogP contribution in [0.25, 0.3) is 0 Å². The fourth-order valence-electron chi connectivity index (χ4n) is 1.35. The maximum atomic E-state index is 11.5. The van der Waals surface area contributed by atoms with E-state index in [1.807, 2.05) is 6.92 Å². The van der Waals surface area contributed by atoms with E-state index < -0.39 is 0 Å². The van der Waals surface area contributed by atoms with Gasteiger partial charge in [-0.25, -0.2) is 0 Å². The van der Waals surface area contributed by atoms with Crippen molar-refractivity contribution in [3.63, 3.8) is 0 Å². The summed E-state index contributed by atoms with van der Waals surface area (Å²) in [6.45, 7) is 2.41. The molecule has 7 heteroatoms. The number of amides is 1. The van der Waals surface area contributed by atoms with E-state index >= 15 is 0 Å². The number of nitrogens with two attached hydrogens (primary N) is 1. The summed E-state index contributed by atoms with van der Waals surface area (Å²) in [4.78, 5) is 16.3. The van der Waals surface area contributed by atoms with Gasteiger partial charge in [0.15, 0.2) is 5.69 Å². The van der Waals surface area contributed by atoms with Crippen molar-refractivity contribution in [1.29, 1.82) is 0 Å². The monoisotopic (exact) mass is 275 g/mol. The molecule has 2 aromatic rings. The summed E-state index contributed by atoms with van der Waals surface area (Å²) in [5.41, 5.74) is 6.68. The second-order valence-electron chi connectivity index (χ2n) is 3.63. The van der Waals surface area contributed by atoms with Gasteiger partial charge in [0.05, 0.1) is 11.9 Å². The molecule has 3 N–H and O–H groups in total. The standard InChI is InChI=1S/C12H13N5OS/c1-2-15-12(18)9-3-4-11(17-16-9)19-10-5-6-14-7-8(10)13/h3-7H,2,13H2,1H3,(H,15,18). The zero-order valence-electron chi connectivity index (χ0n) is 10.3.